The van der Waals surface area contributed by atoms with Gasteiger partial charge in [0.2, 0.25) is 5.90 Å². The van der Waals surface area contributed by atoms with Gasteiger partial charge in [-0.15, -0.1) is 0 Å². The molecule has 92 valence electrons. The molecule has 1 heterocycles. The fourth-order valence-electron chi connectivity index (χ4n) is 1.41. The van der Waals surface area contributed by atoms with E-state index < -0.39 is 11.9 Å². The van der Waals surface area contributed by atoms with Crippen molar-refractivity contribution in [1.82, 2.24) is 0 Å². The van der Waals surface area contributed by atoms with Crippen molar-refractivity contribution in [2.24, 2.45) is 4.99 Å². The highest BCUT2D eigenvalue weighted by Crippen LogP contribution is 2.15. The molecule has 1 aliphatic rings. The van der Waals surface area contributed by atoms with Crippen molar-refractivity contribution in [3.63, 3.8) is 0 Å². The van der Waals surface area contributed by atoms with Crippen LogP contribution in [0.5, 0.6) is 0 Å². The smallest absolute Gasteiger partial charge is 0.364 e. The Hall–Kier alpha value is -2.43. The molecule has 0 aliphatic carbocycles. The van der Waals surface area contributed by atoms with E-state index in [1.54, 1.807) is 31.2 Å². The SMILES string of the molecule is CCOC(=O)/C=C1\N=C(c2ccccc2)OC1=O. The minimum atomic E-state index is -0.651. The molecule has 0 fully saturated rings. The van der Waals surface area contributed by atoms with Gasteiger partial charge in [0.05, 0.1) is 12.7 Å². The van der Waals surface area contributed by atoms with Crippen molar-refractivity contribution < 1.29 is 19.1 Å². The number of hydrogen-bond donors (Lipinski definition) is 0. The van der Waals surface area contributed by atoms with Crippen molar-refractivity contribution in [1.29, 1.82) is 0 Å². The Kier molecular flexibility index (Phi) is 3.52. The number of cyclic esters (lactones) is 1. The van der Waals surface area contributed by atoms with Crippen LogP contribution in [0.25, 0.3) is 0 Å². The highest BCUT2D eigenvalue weighted by Gasteiger charge is 2.24. The maximum absolute atomic E-state index is 11.5. The van der Waals surface area contributed by atoms with Crippen LogP contribution in [0.15, 0.2) is 47.1 Å². The Bertz CT molecular complexity index is 531. The number of rotatable bonds is 3. The number of ether oxygens (including phenoxy) is 2. The van der Waals surface area contributed by atoms with E-state index in [4.69, 9.17) is 9.47 Å². The van der Waals surface area contributed by atoms with Crippen LogP contribution in [0.3, 0.4) is 0 Å². The first-order chi connectivity index (χ1) is 8.70. The molecule has 0 atom stereocenters. The Balaban J connectivity index is 2.22. The largest absolute Gasteiger partial charge is 0.463 e. The molecule has 1 aromatic carbocycles. The molecular weight excluding hydrogens is 234 g/mol. The summed E-state index contributed by atoms with van der Waals surface area (Å²) in [7, 11) is 0. The van der Waals surface area contributed by atoms with Crippen molar-refractivity contribution >= 4 is 17.8 Å². The fraction of sp³-hybridized carbons (Fsp3) is 0.154. The van der Waals surface area contributed by atoms with Crippen LogP contribution in [0.1, 0.15) is 12.5 Å². The maximum Gasteiger partial charge on any atom is 0.364 e. The van der Waals surface area contributed by atoms with E-state index in [1.165, 1.54) is 0 Å². The van der Waals surface area contributed by atoms with Gasteiger partial charge < -0.3 is 9.47 Å². The van der Waals surface area contributed by atoms with Crippen molar-refractivity contribution in [2.45, 2.75) is 6.92 Å². The summed E-state index contributed by atoms with van der Waals surface area (Å²) in [6.45, 7) is 1.93. The average molecular weight is 245 g/mol. The number of hydrogen-bond acceptors (Lipinski definition) is 5. The van der Waals surface area contributed by atoms with E-state index in [0.29, 0.717) is 5.56 Å². The summed E-state index contributed by atoms with van der Waals surface area (Å²) in [5.74, 6) is -1.07. The summed E-state index contributed by atoms with van der Waals surface area (Å²) in [6, 6.07) is 8.98. The van der Waals surface area contributed by atoms with Crippen molar-refractivity contribution in [3.8, 4) is 0 Å². The number of carbonyl (C=O) groups excluding carboxylic acids is 2. The number of esters is 2. The van der Waals surface area contributed by atoms with Gasteiger partial charge in [-0.1, -0.05) is 18.2 Å². The zero-order valence-corrected chi connectivity index (χ0v) is 9.75. The topological polar surface area (TPSA) is 65.0 Å². The predicted molar refractivity (Wildman–Crippen MR) is 63.8 cm³/mol. The lowest BCUT2D eigenvalue weighted by Gasteiger charge is -1.97. The number of benzene rings is 1. The molecule has 0 saturated carbocycles. The zero-order valence-electron chi connectivity index (χ0n) is 9.75. The molecule has 0 bridgehead atoms. The molecule has 1 aromatic rings. The van der Waals surface area contributed by atoms with Crippen LogP contribution in [0, 0.1) is 0 Å². The van der Waals surface area contributed by atoms with E-state index in [-0.39, 0.29) is 18.2 Å². The van der Waals surface area contributed by atoms with Crippen molar-refractivity contribution in [3.05, 3.63) is 47.7 Å². The summed E-state index contributed by atoms with van der Waals surface area (Å²) in [5.41, 5.74) is 0.630. The third-order valence-electron chi connectivity index (χ3n) is 2.18. The maximum atomic E-state index is 11.5. The van der Waals surface area contributed by atoms with Crippen LogP contribution < -0.4 is 0 Å². The second-order valence-corrected chi connectivity index (χ2v) is 3.45. The molecule has 0 aromatic heterocycles. The molecule has 0 unspecified atom stereocenters. The molecule has 0 N–H and O–H groups in total. The monoisotopic (exact) mass is 245 g/mol. The number of nitrogens with zero attached hydrogens (tertiary/aromatic N) is 1. The molecule has 0 spiro atoms. The Morgan fingerprint density at radius 3 is 2.78 bits per heavy atom. The molecule has 5 nitrogen and oxygen atoms in total. The standard InChI is InChI=1S/C13H11NO4/c1-2-17-11(15)8-10-13(16)18-12(14-10)9-6-4-3-5-7-9/h3-8H,2H2,1H3/b10-8-. The molecule has 0 saturated heterocycles. The van der Waals surface area contributed by atoms with E-state index in [2.05, 4.69) is 4.99 Å². The lowest BCUT2D eigenvalue weighted by molar-refractivity contribution is -0.138. The average Bonchev–Trinajstić information content (AvgIpc) is 2.72. The first-order valence-corrected chi connectivity index (χ1v) is 5.45. The van der Waals surface area contributed by atoms with Gasteiger partial charge in [-0.25, -0.2) is 14.6 Å². The van der Waals surface area contributed by atoms with Crippen LogP contribution >= 0.6 is 0 Å². The third-order valence-corrected chi connectivity index (χ3v) is 2.18. The van der Waals surface area contributed by atoms with Gasteiger partial charge in [-0.05, 0) is 19.1 Å². The molecule has 5 heteroatoms. The normalized spacial score (nSPS) is 16.4. The fourth-order valence-corrected chi connectivity index (χ4v) is 1.41. The van der Waals surface area contributed by atoms with E-state index in [1.807, 2.05) is 6.07 Å². The van der Waals surface area contributed by atoms with Gasteiger partial charge in [0, 0.05) is 5.56 Å². The minimum absolute atomic E-state index is 0.0488. The van der Waals surface area contributed by atoms with Gasteiger partial charge in [0.25, 0.3) is 0 Å². The van der Waals surface area contributed by atoms with Crippen LogP contribution in [-0.2, 0) is 19.1 Å². The lowest BCUT2D eigenvalue weighted by atomic mass is 10.2. The second-order valence-electron chi connectivity index (χ2n) is 3.45. The van der Waals surface area contributed by atoms with E-state index in [9.17, 15) is 9.59 Å². The van der Waals surface area contributed by atoms with Gasteiger partial charge in [-0.2, -0.15) is 0 Å². The summed E-state index contributed by atoms with van der Waals surface area (Å²) in [6.07, 6.45) is 1.03. The van der Waals surface area contributed by atoms with Gasteiger partial charge in [0.15, 0.2) is 5.70 Å². The molecule has 0 radical (unpaired) electrons. The van der Waals surface area contributed by atoms with E-state index in [0.717, 1.165) is 6.08 Å². The number of carbonyl (C=O) groups is 2. The van der Waals surface area contributed by atoms with Gasteiger partial charge in [-0.3, -0.25) is 0 Å². The van der Waals surface area contributed by atoms with Gasteiger partial charge in [0.1, 0.15) is 0 Å². The summed E-state index contributed by atoms with van der Waals surface area (Å²) in [5, 5.41) is 0. The van der Waals surface area contributed by atoms with Crippen LogP contribution in [0.4, 0.5) is 0 Å². The first-order valence-electron chi connectivity index (χ1n) is 5.45. The Morgan fingerprint density at radius 1 is 1.39 bits per heavy atom. The number of aliphatic imine (C=N–C) groups is 1. The second kappa shape index (κ2) is 5.27. The third kappa shape index (κ3) is 2.63. The highest BCUT2D eigenvalue weighted by molar-refractivity contribution is 6.12. The minimum Gasteiger partial charge on any atom is -0.463 e. The quantitative estimate of drug-likeness (QED) is 0.597. The molecule has 1 aliphatic heterocycles. The summed E-state index contributed by atoms with van der Waals surface area (Å²) < 4.78 is 9.67. The Labute approximate surface area is 104 Å². The highest BCUT2D eigenvalue weighted by atomic mass is 16.6. The predicted octanol–water partition coefficient (Wildman–Crippen LogP) is 1.44. The summed E-state index contributed by atoms with van der Waals surface area (Å²) in [4.78, 5) is 26.7. The Morgan fingerprint density at radius 2 is 2.11 bits per heavy atom. The molecule has 0 amide bonds. The van der Waals surface area contributed by atoms with Crippen molar-refractivity contribution in [2.75, 3.05) is 6.61 Å². The van der Waals surface area contributed by atoms with E-state index >= 15 is 0 Å². The summed E-state index contributed by atoms with van der Waals surface area (Å²) >= 11 is 0. The molecular formula is C13H11NO4. The van der Waals surface area contributed by atoms with Crippen LogP contribution in [-0.4, -0.2) is 24.4 Å². The lowest BCUT2D eigenvalue weighted by Crippen LogP contribution is -2.06. The van der Waals surface area contributed by atoms with Gasteiger partial charge >= 0.3 is 11.9 Å². The zero-order chi connectivity index (χ0) is 13.0. The first kappa shape index (κ1) is 12.0. The van der Waals surface area contributed by atoms with Crippen LogP contribution in [0.2, 0.25) is 0 Å². The molecule has 18 heavy (non-hydrogen) atoms. The molecule has 2 rings (SSSR count).